The predicted molar refractivity (Wildman–Crippen MR) is 90.3 cm³/mol. The van der Waals surface area contributed by atoms with Crippen molar-refractivity contribution in [1.29, 1.82) is 0 Å². The first-order chi connectivity index (χ1) is 11.9. The van der Waals surface area contributed by atoms with Gasteiger partial charge in [0.05, 0.1) is 6.61 Å². The average Bonchev–Trinajstić information content (AvgIpc) is 2.66. The van der Waals surface area contributed by atoms with E-state index in [0.717, 1.165) is 12.1 Å². The second-order valence-corrected chi connectivity index (χ2v) is 5.55. The van der Waals surface area contributed by atoms with Crippen LogP contribution in [0.3, 0.4) is 0 Å². The molecule has 0 aliphatic carbocycles. The molecule has 1 saturated heterocycles. The Labute approximate surface area is 141 Å². The molecule has 0 spiro atoms. The minimum absolute atomic E-state index is 0.0118. The summed E-state index contributed by atoms with van der Waals surface area (Å²) in [4.78, 5) is 0. The lowest BCUT2D eigenvalue weighted by atomic mass is 10.0. The zero-order valence-electron chi connectivity index (χ0n) is 13.5. The zero-order valence-corrected chi connectivity index (χ0v) is 13.5. The van der Waals surface area contributed by atoms with Gasteiger partial charge in [-0.3, -0.25) is 0 Å². The quantitative estimate of drug-likeness (QED) is 0.846. The molecule has 0 bridgehead atoms. The van der Waals surface area contributed by atoms with Gasteiger partial charge in [-0.15, -0.1) is 0 Å². The maximum absolute atomic E-state index is 12.4. The summed E-state index contributed by atoms with van der Waals surface area (Å²) >= 11 is 0. The molecular weight excluding hydrogens is 309 g/mol. The lowest BCUT2D eigenvalue weighted by Gasteiger charge is -2.32. The number of hydrogen-bond donors (Lipinski definition) is 1. The fraction of sp³-hybridized carbons (Fsp3) is 0.368. The number of halogens is 1. The van der Waals surface area contributed by atoms with Crippen molar-refractivity contribution in [2.24, 2.45) is 0 Å². The van der Waals surface area contributed by atoms with E-state index < -0.39 is 6.67 Å². The van der Waals surface area contributed by atoms with E-state index in [4.69, 9.17) is 14.2 Å². The summed E-state index contributed by atoms with van der Waals surface area (Å²) in [5.74, 6) is 1.13. The van der Waals surface area contributed by atoms with Gasteiger partial charge < -0.3 is 19.5 Å². The second kappa shape index (κ2) is 8.66. The molecule has 4 nitrogen and oxygen atoms in total. The van der Waals surface area contributed by atoms with Gasteiger partial charge in [-0.2, -0.15) is 0 Å². The van der Waals surface area contributed by atoms with Crippen LogP contribution in [0.4, 0.5) is 4.39 Å². The number of ether oxygens (including phenoxy) is 3. The Morgan fingerprint density at radius 1 is 1.08 bits per heavy atom. The molecule has 24 heavy (non-hydrogen) atoms. The maximum Gasteiger partial charge on any atom is 0.162 e. The number of alkyl halides is 1. The minimum atomic E-state index is -0.536. The fourth-order valence-electron chi connectivity index (χ4n) is 2.73. The van der Waals surface area contributed by atoms with Crippen molar-refractivity contribution in [1.82, 2.24) is 5.32 Å². The van der Waals surface area contributed by atoms with Crippen LogP contribution in [0.5, 0.6) is 11.5 Å². The van der Waals surface area contributed by atoms with Crippen LogP contribution < -0.4 is 14.8 Å². The molecule has 0 aromatic heterocycles. The molecular formula is C19H22FNO3. The Hall–Kier alpha value is -2.11. The van der Waals surface area contributed by atoms with E-state index in [2.05, 4.69) is 5.32 Å². The largest absolute Gasteiger partial charge is 0.487 e. The number of benzene rings is 2. The third-order valence-electron chi connectivity index (χ3n) is 3.86. The van der Waals surface area contributed by atoms with E-state index in [-0.39, 0.29) is 18.8 Å². The summed E-state index contributed by atoms with van der Waals surface area (Å²) in [5, 5.41) is 3.33. The molecule has 2 unspecified atom stereocenters. The minimum Gasteiger partial charge on any atom is -0.487 e. The molecule has 1 aliphatic rings. The van der Waals surface area contributed by atoms with Crippen LogP contribution in [0, 0.1) is 0 Å². The van der Waals surface area contributed by atoms with E-state index in [9.17, 15) is 4.39 Å². The SMILES string of the molecule is FCCOc1ccccc1OC(c1ccccc1)C1CNCCO1. The van der Waals surface area contributed by atoms with Crippen molar-refractivity contribution >= 4 is 0 Å². The summed E-state index contributed by atoms with van der Waals surface area (Å²) in [6.45, 7) is 1.68. The first kappa shape index (κ1) is 16.7. The molecule has 1 heterocycles. The van der Waals surface area contributed by atoms with Crippen molar-refractivity contribution in [3.63, 3.8) is 0 Å². The average molecular weight is 331 g/mol. The number of para-hydroxylation sites is 2. The number of hydrogen-bond acceptors (Lipinski definition) is 4. The highest BCUT2D eigenvalue weighted by Gasteiger charge is 2.28. The van der Waals surface area contributed by atoms with Gasteiger partial charge in [0.25, 0.3) is 0 Å². The Balaban J connectivity index is 1.84. The predicted octanol–water partition coefficient (Wildman–Crippen LogP) is 3.14. The van der Waals surface area contributed by atoms with Crippen LogP contribution in [0.2, 0.25) is 0 Å². The van der Waals surface area contributed by atoms with Crippen molar-refractivity contribution in [3.8, 4) is 11.5 Å². The maximum atomic E-state index is 12.4. The third-order valence-corrected chi connectivity index (χ3v) is 3.86. The van der Waals surface area contributed by atoms with E-state index in [1.165, 1.54) is 0 Å². The summed E-state index contributed by atoms with van der Waals surface area (Å²) in [7, 11) is 0. The fourth-order valence-corrected chi connectivity index (χ4v) is 2.73. The highest BCUT2D eigenvalue weighted by molar-refractivity contribution is 5.40. The van der Waals surface area contributed by atoms with Gasteiger partial charge >= 0.3 is 0 Å². The lowest BCUT2D eigenvalue weighted by molar-refractivity contribution is -0.0439. The Bertz CT molecular complexity index is 617. The first-order valence-corrected chi connectivity index (χ1v) is 8.20. The summed E-state index contributed by atoms with van der Waals surface area (Å²) < 4.78 is 30.0. The van der Waals surface area contributed by atoms with Crippen molar-refractivity contribution < 1.29 is 18.6 Å². The van der Waals surface area contributed by atoms with E-state index in [1.54, 1.807) is 6.07 Å². The molecule has 0 radical (unpaired) electrons. The smallest absolute Gasteiger partial charge is 0.162 e. The molecule has 1 aliphatic heterocycles. The van der Waals surface area contributed by atoms with Crippen LogP contribution >= 0.6 is 0 Å². The molecule has 2 aromatic rings. The van der Waals surface area contributed by atoms with Crippen LogP contribution in [0.15, 0.2) is 54.6 Å². The van der Waals surface area contributed by atoms with Gasteiger partial charge in [-0.05, 0) is 17.7 Å². The van der Waals surface area contributed by atoms with Gasteiger partial charge in [0.1, 0.15) is 19.4 Å². The van der Waals surface area contributed by atoms with Crippen molar-refractivity contribution in [2.75, 3.05) is 33.0 Å². The zero-order chi connectivity index (χ0) is 16.6. The second-order valence-electron chi connectivity index (χ2n) is 5.55. The standard InChI is InChI=1S/C19H22FNO3/c20-10-12-22-16-8-4-5-9-17(16)24-19(15-6-2-1-3-7-15)18-14-21-11-13-23-18/h1-9,18-19,21H,10-14H2. The normalized spacial score (nSPS) is 18.8. The molecule has 5 heteroatoms. The van der Waals surface area contributed by atoms with Crippen molar-refractivity contribution in [2.45, 2.75) is 12.2 Å². The first-order valence-electron chi connectivity index (χ1n) is 8.20. The van der Waals surface area contributed by atoms with Gasteiger partial charge in [-0.25, -0.2) is 4.39 Å². The third kappa shape index (κ3) is 4.24. The van der Waals surface area contributed by atoms with Crippen LogP contribution in [0.25, 0.3) is 0 Å². The van der Waals surface area contributed by atoms with Crippen molar-refractivity contribution in [3.05, 3.63) is 60.2 Å². The molecule has 128 valence electrons. The van der Waals surface area contributed by atoms with E-state index >= 15 is 0 Å². The topological polar surface area (TPSA) is 39.7 Å². The summed E-state index contributed by atoms with van der Waals surface area (Å²) in [6.07, 6.45) is -0.371. The highest BCUT2D eigenvalue weighted by atomic mass is 19.1. The van der Waals surface area contributed by atoms with Crippen LogP contribution in [-0.2, 0) is 4.74 Å². The molecule has 1 fully saturated rings. The molecule has 2 atom stereocenters. The molecule has 3 rings (SSSR count). The molecule has 1 N–H and O–H groups in total. The van der Waals surface area contributed by atoms with Gasteiger partial charge in [0.15, 0.2) is 17.6 Å². The molecule has 0 amide bonds. The van der Waals surface area contributed by atoms with Crippen LogP contribution in [0.1, 0.15) is 11.7 Å². The van der Waals surface area contributed by atoms with Gasteiger partial charge in [0.2, 0.25) is 0 Å². The highest BCUT2D eigenvalue weighted by Crippen LogP contribution is 2.33. The van der Waals surface area contributed by atoms with Gasteiger partial charge in [0, 0.05) is 13.1 Å². The number of morpholine rings is 1. The summed E-state index contributed by atoms with van der Waals surface area (Å²) in [6, 6.07) is 17.3. The molecule has 0 saturated carbocycles. The van der Waals surface area contributed by atoms with Crippen LogP contribution in [-0.4, -0.2) is 39.1 Å². The number of nitrogens with one attached hydrogen (secondary N) is 1. The van der Waals surface area contributed by atoms with E-state index in [1.807, 2.05) is 48.5 Å². The Morgan fingerprint density at radius 3 is 2.54 bits per heavy atom. The number of rotatable bonds is 7. The molecule has 2 aromatic carbocycles. The van der Waals surface area contributed by atoms with E-state index in [0.29, 0.717) is 24.7 Å². The Kier molecular flexibility index (Phi) is 6.04. The summed E-state index contributed by atoms with van der Waals surface area (Å²) in [5.41, 5.74) is 1.03. The van der Waals surface area contributed by atoms with Gasteiger partial charge in [-0.1, -0.05) is 42.5 Å². The lowest BCUT2D eigenvalue weighted by Crippen LogP contribution is -2.43. The monoisotopic (exact) mass is 331 g/mol. The Morgan fingerprint density at radius 2 is 1.83 bits per heavy atom.